The van der Waals surface area contributed by atoms with E-state index in [1.54, 1.807) is 13.0 Å². The number of aryl methyl sites for hydroxylation is 1. The van der Waals surface area contributed by atoms with E-state index in [0.717, 1.165) is 18.8 Å². The van der Waals surface area contributed by atoms with Crippen molar-refractivity contribution < 1.29 is 9.53 Å². The minimum Gasteiger partial charge on any atom is -0.465 e. The van der Waals surface area contributed by atoms with Crippen LogP contribution in [0, 0.1) is 6.92 Å². The number of carbonyl (C=O) groups excluding carboxylic acids is 1. The molecule has 0 amide bonds. The van der Waals surface area contributed by atoms with Crippen LogP contribution in [0.2, 0.25) is 0 Å². The smallest absolute Gasteiger partial charge is 0.339 e. The first-order valence-electron chi connectivity index (χ1n) is 5.57. The highest BCUT2D eigenvalue weighted by molar-refractivity contribution is 5.90. The summed E-state index contributed by atoms with van der Waals surface area (Å²) < 4.78 is 4.67. The molecule has 1 aromatic heterocycles. The molecule has 0 saturated heterocycles. The Morgan fingerprint density at radius 1 is 1.53 bits per heavy atom. The first-order valence-corrected chi connectivity index (χ1v) is 5.57. The first kappa shape index (κ1) is 13.4. The zero-order valence-corrected chi connectivity index (χ0v) is 10.6. The number of hydrogen-bond acceptors (Lipinski definition) is 5. The molecule has 5 heteroatoms. The fourth-order valence-electron chi connectivity index (χ4n) is 1.53. The molecule has 0 radical (unpaired) electrons. The van der Waals surface area contributed by atoms with Crippen LogP contribution in [-0.4, -0.2) is 38.2 Å². The van der Waals surface area contributed by atoms with Gasteiger partial charge in [0.25, 0.3) is 0 Å². The monoisotopic (exact) mass is 237 g/mol. The van der Waals surface area contributed by atoms with Crippen molar-refractivity contribution in [2.45, 2.75) is 13.3 Å². The first-order chi connectivity index (χ1) is 8.10. The number of nitrogens with zero attached hydrogens (tertiary/aromatic N) is 2. The van der Waals surface area contributed by atoms with E-state index in [2.05, 4.69) is 9.72 Å². The summed E-state index contributed by atoms with van der Waals surface area (Å²) in [7, 11) is 3.32. The number of carbonyl (C=O) groups is 1. The molecular weight excluding hydrogens is 218 g/mol. The highest BCUT2D eigenvalue weighted by Gasteiger charge is 2.11. The summed E-state index contributed by atoms with van der Waals surface area (Å²) >= 11 is 0. The summed E-state index contributed by atoms with van der Waals surface area (Å²) in [5.74, 6) is 0.481. The highest BCUT2D eigenvalue weighted by atomic mass is 16.5. The van der Waals surface area contributed by atoms with Gasteiger partial charge in [0, 0.05) is 13.6 Å². The van der Waals surface area contributed by atoms with Crippen LogP contribution in [0.3, 0.4) is 0 Å². The molecule has 0 aliphatic heterocycles. The Balaban J connectivity index is 2.84. The molecule has 0 fully saturated rings. The molecule has 0 spiro atoms. The number of pyridine rings is 1. The standard InChI is InChI=1S/C12H19N3O2/c1-9-10(12(16)17-3)5-6-11(14-9)15(2)8-4-7-13/h5-6H,4,7-8,13H2,1-3H3. The number of ether oxygens (including phenoxy) is 1. The fourth-order valence-corrected chi connectivity index (χ4v) is 1.53. The second kappa shape index (κ2) is 6.20. The van der Waals surface area contributed by atoms with Gasteiger partial charge in [-0.2, -0.15) is 0 Å². The van der Waals surface area contributed by atoms with Gasteiger partial charge >= 0.3 is 5.97 Å². The molecule has 1 aromatic rings. The van der Waals surface area contributed by atoms with Gasteiger partial charge in [-0.1, -0.05) is 0 Å². The molecule has 94 valence electrons. The van der Waals surface area contributed by atoms with Crippen molar-refractivity contribution in [2.75, 3.05) is 32.1 Å². The van der Waals surface area contributed by atoms with E-state index in [4.69, 9.17) is 5.73 Å². The largest absolute Gasteiger partial charge is 0.465 e. The lowest BCUT2D eigenvalue weighted by molar-refractivity contribution is 0.0599. The zero-order valence-electron chi connectivity index (χ0n) is 10.6. The number of hydrogen-bond donors (Lipinski definition) is 1. The third-order valence-electron chi connectivity index (χ3n) is 2.57. The number of anilines is 1. The number of nitrogens with two attached hydrogens (primary N) is 1. The molecule has 1 heterocycles. The number of aromatic nitrogens is 1. The highest BCUT2D eigenvalue weighted by Crippen LogP contribution is 2.14. The summed E-state index contributed by atoms with van der Waals surface area (Å²) in [6.45, 7) is 3.30. The summed E-state index contributed by atoms with van der Waals surface area (Å²) in [6.07, 6.45) is 0.913. The van der Waals surface area contributed by atoms with E-state index in [0.29, 0.717) is 17.8 Å². The van der Waals surface area contributed by atoms with Crippen molar-refractivity contribution in [3.8, 4) is 0 Å². The van der Waals surface area contributed by atoms with Crippen LogP contribution in [0.25, 0.3) is 0 Å². The number of esters is 1. The molecule has 0 unspecified atom stereocenters. The van der Waals surface area contributed by atoms with E-state index < -0.39 is 0 Å². The van der Waals surface area contributed by atoms with Crippen molar-refractivity contribution >= 4 is 11.8 Å². The molecular formula is C12H19N3O2. The minimum atomic E-state index is -0.355. The molecule has 0 aliphatic carbocycles. The van der Waals surface area contributed by atoms with E-state index >= 15 is 0 Å². The van der Waals surface area contributed by atoms with E-state index in [9.17, 15) is 4.79 Å². The molecule has 17 heavy (non-hydrogen) atoms. The van der Waals surface area contributed by atoms with Gasteiger partial charge in [-0.15, -0.1) is 0 Å². The summed E-state index contributed by atoms with van der Waals surface area (Å²) in [6, 6.07) is 3.55. The summed E-state index contributed by atoms with van der Waals surface area (Å²) in [5.41, 5.74) is 6.64. The van der Waals surface area contributed by atoms with Crippen molar-refractivity contribution in [1.82, 2.24) is 4.98 Å². The lowest BCUT2D eigenvalue weighted by Gasteiger charge is -2.18. The second-order valence-electron chi connectivity index (χ2n) is 3.86. The van der Waals surface area contributed by atoms with Crippen LogP contribution in [0.15, 0.2) is 12.1 Å². The Kier molecular flexibility index (Phi) is 4.90. The molecule has 0 saturated carbocycles. The van der Waals surface area contributed by atoms with E-state index in [1.165, 1.54) is 7.11 Å². The van der Waals surface area contributed by atoms with Crippen LogP contribution in [-0.2, 0) is 4.74 Å². The van der Waals surface area contributed by atoms with Crippen molar-refractivity contribution in [2.24, 2.45) is 5.73 Å². The second-order valence-corrected chi connectivity index (χ2v) is 3.86. The van der Waals surface area contributed by atoms with Crippen LogP contribution >= 0.6 is 0 Å². The lowest BCUT2D eigenvalue weighted by atomic mass is 10.2. The normalized spacial score (nSPS) is 10.1. The van der Waals surface area contributed by atoms with Crippen LogP contribution in [0.5, 0.6) is 0 Å². The molecule has 0 aromatic carbocycles. The third-order valence-corrected chi connectivity index (χ3v) is 2.57. The Bertz CT molecular complexity index is 393. The molecule has 0 atom stereocenters. The van der Waals surface area contributed by atoms with E-state index in [-0.39, 0.29) is 5.97 Å². The van der Waals surface area contributed by atoms with Crippen LogP contribution in [0.4, 0.5) is 5.82 Å². The topological polar surface area (TPSA) is 68.5 Å². The maximum Gasteiger partial charge on any atom is 0.339 e. The Morgan fingerprint density at radius 2 is 2.24 bits per heavy atom. The molecule has 0 aliphatic rings. The maximum absolute atomic E-state index is 11.4. The minimum absolute atomic E-state index is 0.355. The molecule has 1 rings (SSSR count). The third kappa shape index (κ3) is 3.42. The van der Waals surface area contributed by atoms with Crippen molar-refractivity contribution in [3.05, 3.63) is 23.4 Å². The van der Waals surface area contributed by atoms with E-state index in [1.807, 2.05) is 18.0 Å². The lowest BCUT2D eigenvalue weighted by Crippen LogP contribution is -2.22. The van der Waals surface area contributed by atoms with Crippen molar-refractivity contribution in [3.63, 3.8) is 0 Å². The van der Waals surface area contributed by atoms with Gasteiger partial charge in [0.1, 0.15) is 5.82 Å². The average Bonchev–Trinajstić information content (AvgIpc) is 2.34. The number of methoxy groups -OCH3 is 1. The van der Waals surface area contributed by atoms with Gasteiger partial charge in [-0.05, 0) is 32.0 Å². The summed E-state index contributed by atoms with van der Waals surface area (Å²) in [5, 5.41) is 0. The molecule has 2 N–H and O–H groups in total. The maximum atomic E-state index is 11.4. The molecule has 0 bridgehead atoms. The van der Waals surface area contributed by atoms with Gasteiger partial charge in [-0.25, -0.2) is 9.78 Å². The molecule has 5 nitrogen and oxygen atoms in total. The SMILES string of the molecule is COC(=O)c1ccc(N(C)CCCN)nc1C. The predicted octanol–water partition coefficient (Wildman–Crippen LogP) is 0.962. The van der Waals surface area contributed by atoms with Gasteiger partial charge in [0.2, 0.25) is 0 Å². The average molecular weight is 237 g/mol. The van der Waals surface area contributed by atoms with Crippen LogP contribution < -0.4 is 10.6 Å². The zero-order chi connectivity index (χ0) is 12.8. The van der Waals surface area contributed by atoms with Gasteiger partial charge in [0.15, 0.2) is 0 Å². The predicted molar refractivity (Wildman–Crippen MR) is 67.3 cm³/mol. The quantitative estimate of drug-likeness (QED) is 0.773. The van der Waals surface area contributed by atoms with Gasteiger partial charge < -0.3 is 15.4 Å². The Morgan fingerprint density at radius 3 is 2.76 bits per heavy atom. The number of rotatable bonds is 5. The van der Waals surface area contributed by atoms with Gasteiger partial charge in [-0.3, -0.25) is 0 Å². The summed E-state index contributed by atoms with van der Waals surface area (Å²) in [4.78, 5) is 17.8. The Hall–Kier alpha value is -1.62. The van der Waals surface area contributed by atoms with Crippen molar-refractivity contribution in [1.29, 1.82) is 0 Å². The van der Waals surface area contributed by atoms with Gasteiger partial charge in [0.05, 0.1) is 18.4 Å². The van der Waals surface area contributed by atoms with Crippen LogP contribution in [0.1, 0.15) is 22.5 Å². The fraction of sp³-hybridized carbons (Fsp3) is 0.500. The Labute approximate surface area is 102 Å².